The number of H-pyrrole nitrogens is 1. The normalized spacial score (nSPS) is 14.7. The molecule has 11 heteroatoms. The van der Waals surface area contributed by atoms with E-state index in [9.17, 15) is 22.8 Å². The molecule has 8 nitrogen and oxygen atoms in total. The Kier molecular flexibility index (Phi) is 5.25. The highest BCUT2D eigenvalue weighted by Gasteiger charge is 2.30. The van der Waals surface area contributed by atoms with Crippen molar-refractivity contribution >= 4 is 34.3 Å². The monoisotopic (exact) mass is 432 g/mol. The van der Waals surface area contributed by atoms with Crippen LogP contribution in [-0.4, -0.2) is 51.9 Å². The van der Waals surface area contributed by atoms with Crippen molar-refractivity contribution in [3.8, 4) is 0 Å². The maximum Gasteiger partial charge on any atom is 0.416 e. The molecule has 3 aromatic rings. The average molecular weight is 432 g/mol. The zero-order valence-electron chi connectivity index (χ0n) is 16.5. The molecule has 4 rings (SSSR count). The van der Waals surface area contributed by atoms with Crippen LogP contribution in [0.2, 0.25) is 0 Å². The summed E-state index contributed by atoms with van der Waals surface area (Å²) in [7, 11) is 0. The minimum Gasteiger partial charge on any atom is -0.339 e. The Morgan fingerprint density at radius 2 is 1.87 bits per heavy atom. The van der Waals surface area contributed by atoms with Crippen molar-refractivity contribution in [3.63, 3.8) is 0 Å². The molecule has 1 saturated heterocycles. The van der Waals surface area contributed by atoms with Crippen LogP contribution in [0.3, 0.4) is 0 Å². The molecule has 2 aromatic heterocycles. The zero-order chi connectivity index (χ0) is 22.2. The van der Waals surface area contributed by atoms with E-state index in [1.165, 1.54) is 25.3 Å². The molecule has 1 aromatic carbocycles. The van der Waals surface area contributed by atoms with Gasteiger partial charge in [0.15, 0.2) is 0 Å². The van der Waals surface area contributed by atoms with E-state index in [1.54, 1.807) is 11.0 Å². The van der Waals surface area contributed by atoms with Gasteiger partial charge in [0.05, 0.1) is 11.1 Å². The van der Waals surface area contributed by atoms with Gasteiger partial charge in [-0.15, -0.1) is 0 Å². The summed E-state index contributed by atoms with van der Waals surface area (Å²) in [6.45, 7) is 3.51. The van der Waals surface area contributed by atoms with Gasteiger partial charge in [0.25, 0.3) is 5.56 Å². The van der Waals surface area contributed by atoms with Crippen LogP contribution in [0, 0.1) is 0 Å². The molecule has 0 spiro atoms. The number of rotatable bonds is 3. The topological polar surface area (TPSA) is 94.2 Å². The van der Waals surface area contributed by atoms with Gasteiger partial charge in [0.2, 0.25) is 11.9 Å². The van der Waals surface area contributed by atoms with E-state index in [1.807, 2.05) is 4.90 Å². The minimum absolute atomic E-state index is 0.0162. The van der Waals surface area contributed by atoms with Gasteiger partial charge < -0.3 is 20.1 Å². The van der Waals surface area contributed by atoms with Crippen molar-refractivity contribution in [1.29, 1.82) is 0 Å². The molecular formula is C20H19F3N6O2. The summed E-state index contributed by atoms with van der Waals surface area (Å²) in [6.07, 6.45) is -3.05. The lowest BCUT2D eigenvalue weighted by atomic mass is 10.2. The van der Waals surface area contributed by atoms with E-state index < -0.39 is 17.3 Å². The first-order valence-corrected chi connectivity index (χ1v) is 9.56. The van der Waals surface area contributed by atoms with Gasteiger partial charge in [0.1, 0.15) is 11.2 Å². The van der Waals surface area contributed by atoms with Crippen LogP contribution in [-0.2, 0) is 11.0 Å². The number of aromatic nitrogens is 3. The molecule has 0 bridgehead atoms. The van der Waals surface area contributed by atoms with Crippen molar-refractivity contribution in [2.75, 3.05) is 36.4 Å². The summed E-state index contributed by atoms with van der Waals surface area (Å²) in [5.74, 6) is 0.420. The molecule has 0 radical (unpaired) electrons. The Morgan fingerprint density at radius 1 is 1.13 bits per heavy atom. The number of nitrogens with one attached hydrogen (secondary N) is 2. The van der Waals surface area contributed by atoms with Crippen molar-refractivity contribution in [2.24, 2.45) is 0 Å². The number of nitrogens with zero attached hydrogens (tertiary/aromatic N) is 4. The second-order valence-corrected chi connectivity index (χ2v) is 7.14. The third-order valence-electron chi connectivity index (χ3n) is 5.07. The van der Waals surface area contributed by atoms with Crippen LogP contribution in [0.25, 0.3) is 10.9 Å². The van der Waals surface area contributed by atoms with Crippen LogP contribution in [0.1, 0.15) is 12.5 Å². The summed E-state index contributed by atoms with van der Waals surface area (Å²) in [6, 6.07) is 6.27. The Balaban J connectivity index is 1.73. The molecular weight excluding hydrogens is 413 g/mol. The molecule has 2 N–H and O–H groups in total. The third kappa shape index (κ3) is 4.30. The number of carbonyl (C=O) groups is 1. The van der Waals surface area contributed by atoms with E-state index in [0.717, 1.165) is 12.1 Å². The third-order valence-corrected chi connectivity index (χ3v) is 5.07. The van der Waals surface area contributed by atoms with Crippen LogP contribution in [0.5, 0.6) is 0 Å². The number of alkyl halides is 3. The molecule has 0 unspecified atom stereocenters. The second-order valence-electron chi connectivity index (χ2n) is 7.14. The molecule has 0 atom stereocenters. The first kappa shape index (κ1) is 20.6. The SMILES string of the molecule is CC(=O)N1CCN(c2nc(Nc3cccc(C(F)(F)F)c3)c3c(=O)[nH]ccc3n2)CC1. The number of benzene rings is 1. The van der Waals surface area contributed by atoms with Crippen LogP contribution >= 0.6 is 0 Å². The minimum atomic E-state index is -4.50. The van der Waals surface area contributed by atoms with Crippen molar-refractivity contribution in [3.05, 3.63) is 52.4 Å². The van der Waals surface area contributed by atoms with E-state index in [-0.39, 0.29) is 22.8 Å². The largest absolute Gasteiger partial charge is 0.416 e. The van der Waals surface area contributed by atoms with Gasteiger partial charge in [-0.25, -0.2) is 4.98 Å². The fourth-order valence-corrected chi connectivity index (χ4v) is 3.44. The highest BCUT2D eigenvalue weighted by Crippen LogP contribution is 2.32. The molecule has 31 heavy (non-hydrogen) atoms. The number of anilines is 3. The molecule has 1 aliphatic rings. The lowest BCUT2D eigenvalue weighted by Gasteiger charge is -2.34. The quantitative estimate of drug-likeness (QED) is 0.661. The van der Waals surface area contributed by atoms with Gasteiger partial charge in [-0.3, -0.25) is 9.59 Å². The number of amides is 1. The Bertz CT molecular complexity index is 1190. The molecule has 3 heterocycles. The van der Waals surface area contributed by atoms with E-state index in [0.29, 0.717) is 37.6 Å². The average Bonchev–Trinajstić information content (AvgIpc) is 2.73. The van der Waals surface area contributed by atoms with Gasteiger partial charge in [-0.1, -0.05) is 6.07 Å². The summed E-state index contributed by atoms with van der Waals surface area (Å²) >= 11 is 0. The smallest absolute Gasteiger partial charge is 0.339 e. The lowest BCUT2D eigenvalue weighted by Crippen LogP contribution is -2.48. The molecule has 1 aliphatic heterocycles. The highest BCUT2D eigenvalue weighted by atomic mass is 19.4. The fourth-order valence-electron chi connectivity index (χ4n) is 3.44. The van der Waals surface area contributed by atoms with Crippen LogP contribution in [0.4, 0.5) is 30.6 Å². The number of hydrogen-bond donors (Lipinski definition) is 2. The van der Waals surface area contributed by atoms with Gasteiger partial charge in [-0.2, -0.15) is 18.2 Å². The number of fused-ring (bicyclic) bond motifs is 1. The van der Waals surface area contributed by atoms with E-state index >= 15 is 0 Å². The number of carbonyl (C=O) groups excluding carboxylic acids is 1. The standard InChI is InChI=1S/C20H19F3N6O2/c1-12(30)28-7-9-29(10-8-28)19-26-15-5-6-24-18(31)16(15)17(27-19)25-14-4-2-3-13(11-14)20(21,22)23/h2-6,11H,7-10H2,1H3,(H,24,31)(H,25,26,27). The summed E-state index contributed by atoms with van der Waals surface area (Å²) < 4.78 is 39.2. The van der Waals surface area contributed by atoms with Crippen LogP contribution < -0.4 is 15.8 Å². The number of piperazine rings is 1. The van der Waals surface area contributed by atoms with E-state index in [4.69, 9.17) is 0 Å². The number of aromatic amines is 1. The predicted octanol–water partition coefficient (Wildman–Crippen LogP) is 2.75. The summed E-state index contributed by atoms with van der Waals surface area (Å²) in [5.41, 5.74) is -0.770. The highest BCUT2D eigenvalue weighted by molar-refractivity contribution is 5.91. The van der Waals surface area contributed by atoms with E-state index in [2.05, 4.69) is 20.3 Å². The molecule has 0 aliphatic carbocycles. The molecule has 1 amide bonds. The molecule has 0 saturated carbocycles. The number of pyridine rings is 1. The molecule has 162 valence electrons. The zero-order valence-corrected chi connectivity index (χ0v) is 16.5. The maximum atomic E-state index is 13.1. The molecule has 1 fully saturated rings. The Labute approximate surface area is 174 Å². The van der Waals surface area contributed by atoms with Crippen molar-refractivity contribution < 1.29 is 18.0 Å². The van der Waals surface area contributed by atoms with Gasteiger partial charge in [0, 0.05) is 45.0 Å². The Morgan fingerprint density at radius 3 is 2.55 bits per heavy atom. The maximum absolute atomic E-state index is 13.1. The predicted molar refractivity (Wildman–Crippen MR) is 109 cm³/mol. The first-order chi connectivity index (χ1) is 14.7. The van der Waals surface area contributed by atoms with Gasteiger partial charge >= 0.3 is 6.18 Å². The summed E-state index contributed by atoms with van der Waals surface area (Å²) in [4.78, 5) is 39.0. The second kappa shape index (κ2) is 7.89. The number of halogens is 3. The summed E-state index contributed by atoms with van der Waals surface area (Å²) in [5, 5.41) is 2.99. The first-order valence-electron chi connectivity index (χ1n) is 9.56. The van der Waals surface area contributed by atoms with Crippen molar-refractivity contribution in [2.45, 2.75) is 13.1 Å². The fraction of sp³-hybridized carbons (Fsp3) is 0.300. The number of hydrogen-bond acceptors (Lipinski definition) is 6. The van der Waals surface area contributed by atoms with Crippen molar-refractivity contribution in [1.82, 2.24) is 19.9 Å². The lowest BCUT2D eigenvalue weighted by molar-refractivity contribution is -0.137. The van der Waals surface area contributed by atoms with Gasteiger partial charge in [-0.05, 0) is 24.3 Å². The Hall–Kier alpha value is -3.63. The van der Waals surface area contributed by atoms with Crippen LogP contribution in [0.15, 0.2) is 41.3 Å².